The summed E-state index contributed by atoms with van der Waals surface area (Å²) in [6.07, 6.45) is 0. The van der Waals surface area contributed by atoms with Crippen LogP contribution in [0.4, 0.5) is 11.4 Å². The van der Waals surface area contributed by atoms with Crippen LogP contribution in [0.15, 0.2) is 48.5 Å². The predicted octanol–water partition coefficient (Wildman–Crippen LogP) is 4.58. The molecular formula is C16H19ClN2. The van der Waals surface area contributed by atoms with Gasteiger partial charge in [-0.25, -0.2) is 0 Å². The van der Waals surface area contributed by atoms with Crippen LogP contribution >= 0.6 is 11.6 Å². The molecule has 2 rings (SSSR count). The summed E-state index contributed by atoms with van der Waals surface area (Å²) < 4.78 is 0. The highest BCUT2D eigenvalue weighted by Crippen LogP contribution is 2.23. The molecule has 0 spiro atoms. The van der Waals surface area contributed by atoms with E-state index in [1.165, 1.54) is 11.3 Å². The summed E-state index contributed by atoms with van der Waals surface area (Å²) in [5, 5.41) is 4.27. The molecule has 0 saturated carbocycles. The molecule has 0 bridgehead atoms. The van der Waals surface area contributed by atoms with Gasteiger partial charge in [-0.3, -0.25) is 0 Å². The zero-order chi connectivity index (χ0) is 13.8. The highest BCUT2D eigenvalue weighted by atomic mass is 35.5. The first-order valence-corrected chi connectivity index (χ1v) is 6.73. The van der Waals surface area contributed by atoms with E-state index < -0.39 is 0 Å². The van der Waals surface area contributed by atoms with Crippen molar-refractivity contribution in [2.45, 2.75) is 13.0 Å². The summed E-state index contributed by atoms with van der Waals surface area (Å²) in [5.74, 6) is 0. The lowest BCUT2D eigenvalue weighted by atomic mass is 10.1. The highest BCUT2D eigenvalue weighted by Gasteiger charge is 2.05. The molecule has 0 amide bonds. The van der Waals surface area contributed by atoms with Gasteiger partial charge >= 0.3 is 0 Å². The first kappa shape index (κ1) is 13.8. The molecule has 2 aromatic carbocycles. The minimum Gasteiger partial charge on any atom is -0.378 e. The summed E-state index contributed by atoms with van der Waals surface area (Å²) in [7, 11) is 4.09. The van der Waals surface area contributed by atoms with Crippen molar-refractivity contribution in [2.75, 3.05) is 24.3 Å². The number of rotatable bonds is 4. The van der Waals surface area contributed by atoms with Crippen LogP contribution in [-0.2, 0) is 0 Å². The van der Waals surface area contributed by atoms with Gasteiger partial charge in [-0.05, 0) is 42.8 Å². The molecule has 0 aliphatic rings. The predicted molar refractivity (Wildman–Crippen MR) is 84.3 cm³/mol. The van der Waals surface area contributed by atoms with Crippen molar-refractivity contribution in [1.29, 1.82) is 0 Å². The number of nitrogens with zero attached hydrogens (tertiary/aromatic N) is 1. The Hall–Kier alpha value is -1.67. The molecule has 19 heavy (non-hydrogen) atoms. The molecule has 0 heterocycles. The van der Waals surface area contributed by atoms with E-state index in [1.807, 2.05) is 26.2 Å². The van der Waals surface area contributed by atoms with E-state index >= 15 is 0 Å². The van der Waals surface area contributed by atoms with Crippen molar-refractivity contribution < 1.29 is 0 Å². The summed E-state index contributed by atoms with van der Waals surface area (Å²) in [6.45, 7) is 2.14. The SMILES string of the molecule is CC(Nc1cccc(N(C)C)c1)c1ccc(Cl)cc1. The van der Waals surface area contributed by atoms with Crippen LogP contribution in [-0.4, -0.2) is 14.1 Å². The number of hydrogen-bond donors (Lipinski definition) is 1. The van der Waals surface area contributed by atoms with E-state index in [4.69, 9.17) is 11.6 Å². The molecule has 0 aliphatic heterocycles. The van der Waals surface area contributed by atoms with Crippen LogP contribution in [0.5, 0.6) is 0 Å². The van der Waals surface area contributed by atoms with E-state index in [0.29, 0.717) is 0 Å². The van der Waals surface area contributed by atoms with Gasteiger partial charge in [0.15, 0.2) is 0 Å². The van der Waals surface area contributed by atoms with Crippen LogP contribution in [0.2, 0.25) is 5.02 Å². The standard InChI is InChI=1S/C16H19ClN2/c1-12(13-7-9-14(17)10-8-13)18-15-5-4-6-16(11-15)19(2)3/h4-12,18H,1-3H3. The van der Waals surface area contributed by atoms with Gasteiger partial charge in [-0.1, -0.05) is 29.8 Å². The van der Waals surface area contributed by atoms with Gasteiger partial charge in [0.05, 0.1) is 0 Å². The van der Waals surface area contributed by atoms with E-state index in [2.05, 4.69) is 53.5 Å². The molecular weight excluding hydrogens is 256 g/mol. The first-order valence-electron chi connectivity index (χ1n) is 6.35. The van der Waals surface area contributed by atoms with E-state index in [1.54, 1.807) is 0 Å². The molecule has 1 N–H and O–H groups in total. The van der Waals surface area contributed by atoms with Crippen LogP contribution in [0.1, 0.15) is 18.5 Å². The van der Waals surface area contributed by atoms with Crippen molar-refractivity contribution in [2.24, 2.45) is 0 Å². The van der Waals surface area contributed by atoms with Gasteiger partial charge in [-0.15, -0.1) is 0 Å². The van der Waals surface area contributed by atoms with Crippen molar-refractivity contribution in [3.63, 3.8) is 0 Å². The zero-order valence-electron chi connectivity index (χ0n) is 11.5. The average molecular weight is 275 g/mol. The smallest absolute Gasteiger partial charge is 0.0485 e. The van der Waals surface area contributed by atoms with Gasteiger partial charge in [0.1, 0.15) is 0 Å². The topological polar surface area (TPSA) is 15.3 Å². The lowest BCUT2D eigenvalue weighted by Crippen LogP contribution is -2.10. The maximum absolute atomic E-state index is 5.91. The zero-order valence-corrected chi connectivity index (χ0v) is 12.3. The largest absolute Gasteiger partial charge is 0.378 e. The molecule has 3 heteroatoms. The van der Waals surface area contributed by atoms with Gasteiger partial charge < -0.3 is 10.2 Å². The molecule has 2 nitrogen and oxygen atoms in total. The molecule has 0 aromatic heterocycles. The number of nitrogens with one attached hydrogen (secondary N) is 1. The van der Waals surface area contributed by atoms with Crippen molar-refractivity contribution >= 4 is 23.0 Å². The Morgan fingerprint density at radius 2 is 1.74 bits per heavy atom. The Balaban J connectivity index is 2.12. The Kier molecular flexibility index (Phi) is 4.33. The molecule has 100 valence electrons. The quantitative estimate of drug-likeness (QED) is 0.878. The van der Waals surface area contributed by atoms with Crippen molar-refractivity contribution in [3.8, 4) is 0 Å². The van der Waals surface area contributed by atoms with Crippen LogP contribution < -0.4 is 10.2 Å². The van der Waals surface area contributed by atoms with Gasteiger partial charge in [0.2, 0.25) is 0 Å². The van der Waals surface area contributed by atoms with Crippen LogP contribution in [0.25, 0.3) is 0 Å². The average Bonchev–Trinajstić information content (AvgIpc) is 2.39. The molecule has 2 aromatic rings. The van der Waals surface area contributed by atoms with E-state index in [9.17, 15) is 0 Å². The number of halogens is 1. The summed E-state index contributed by atoms with van der Waals surface area (Å²) in [5.41, 5.74) is 3.53. The Bertz CT molecular complexity index is 535. The number of anilines is 2. The second-order valence-electron chi connectivity index (χ2n) is 4.86. The minimum absolute atomic E-state index is 0.245. The fourth-order valence-corrected chi connectivity index (χ4v) is 2.08. The molecule has 0 saturated heterocycles. The maximum Gasteiger partial charge on any atom is 0.0485 e. The maximum atomic E-state index is 5.91. The minimum atomic E-state index is 0.245. The fourth-order valence-electron chi connectivity index (χ4n) is 1.96. The monoisotopic (exact) mass is 274 g/mol. The highest BCUT2D eigenvalue weighted by molar-refractivity contribution is 6.30. The van der Waals surface area contributed by atoms with Crippen LogP contribution in [0.3, 0.4) is 0 Å². The Labute approximate surface area is 120 Å². The van der Waals surface area contributed by atoms with E-state index in [0.717, 1.165) is 10.7 Å². The number of benzene rings is 2. The molecule has 0 radical (unpaired) electrons. The third-order valence-corrected chi connectivity index (χ3v) is 3.37. The third kappa shape index (κ3) is 3.65. The molecule has 1 atom stereocenters. The van der Waals surface area contributed by atoms with E-state index in [-0.39, 0.29) is 6.04 Å². The van der Waals surface area contributed by atoms with Gasteiger partial charge in [-0.2, -0.15) is 0 Å². The van der Waals surface area contributed by atoms with Crippen LogP contribution in [0, 0.1) is 0 Å². The number of hydrogen-bond acceptors (Lipinski definition) is 2. The van der Waals surface area contributed by atoms with Gasteiger partial charge in [0.25, 0.3) is 0 Å². The fraction of sp³-hybridized carbons (Fsp3) is 0.250. The first-order chi connectivity index (χ1) is 9.06. The second kappa shape index (κ2) is 5.98. The van der Waals surface area contributed by atoms with Gasteiger partial charge in [0, 0.05) is 36.5 Å². The van der Waals surface area contributed by atoms with Crippen molar-refractivity contribution in [3.05, 3.63) is 59.1 Å². The molecule has 1 unspecified atom stereocenters. The summed E-state index contributed by atoms with van der Waals surface area (Å²) >= 11 is 5.91. The molecule has 0 aliphatic carbocycles. The Morgan fingerprint density at radius 3 is 2.37 bits per heavy atom. The Morgan fingerprint density at radius 1 is 1.05 bits per heavy atom. The summed E-state index contributed by atoms with van der Waals surface area (Å²) in [4.78, 5) is 2.10. The van der Waals surface area contributed by atoms with Crippen molar-refractivity contribution in [1.82, 2.24) is 0 Å². The second-order valence-corrected chi connectivity index (χ2v) is 5.30. The summed E-state index contributed by atoms with van der Waals surface area (Å²) in [6, 6.07) is 16.6. The third-order valence-electron chi connectivity index (χ3n) is 3.12. The molecule has 0 fully saturated rings. The normalized spacial score (nSPS) is 12.0. The lowest BCUT2D eigenvalue weighted by Gasteiger charge is -2.18. The lowest BCUT2D eigenvalue weighted by molar-refractivity contribution is 0.884.